The van der Waals surface area contributed by atoms with Crippen LogP contribution in [0.2, 0.25) is 0 Å². The van der Waals surface area contributed by atoms with Gasteiger partial charge in [0.2, 0.25) is 5.95 Å². The first-order chi connectivity index (χ1) is 16.5. The number of nitrogens with one attached hydrogen (secondary N) is 1. The molecule has 2 aliphatic heterocycles. The molecular formula is C25H29F2N7. The Labute approximate surface area is 197 Å². The van der Waals surface area contributed by atoms with Crippen LogP contribution in [0.5, 0.6) is 0 Å². The highest BCUT2D eigenvalue weighted by Crippen LogP contribution is 2.40. The lowest BCUT2D eigenvalue weighted by Crippen LogP contribution is -2.48. The van der Waals surface area contributed by atoms with Crippen molar-refractivity contribution in [2.45, 2.75) is 57.5 Å². The molecule has 1 aliphatic carbocycles. The van der Waals surface area contributed by atoms with Crippen molar-refractivity contribution in [2.24, 2.45) is 11.8 Å². The number of rotatable bonds is 4. The molecule has 1 saturated heterocycles. The van der Waals surface area contributed by atoms with E-state index in [-0.39, 0.29) is 5.92 Å². The van der Waals surface area contributed by atoms with E-state index in [9.17, 15) is 8.78 Å². The van der Waals surface area contributed by atoms with E-state index in [0.29, 0.717) is 23.8 Å². The number of nitrogens with zero attached hydrogens (tertiary/aromatic N) is 6. The first-order valence-electron chi connectivity index (χ1n) is 12.2. The Bertz CT molecular complexity index is 1180. The molecule has 1 N–H and O–H groups in total. The monoisotopic (exact) mass is 465 g/mol. The van der Waals surface area contributed by atoms with Crippen molar-refractivity contribution in [1.29, 1.82) is 0 Å². The van der Waals surface area contributed by atoms with Gasteiger partial charge in [-0.3, -0.25) is 0 Å². The maximum Gasteiger partial charge on any atom is 0.242 e. The second-order valence-corrected chi connectivity index (χ2v) is 9.93. The van der Waals surface area contributed by atoms with Gasteiger partial charge in [-0.25, -0.2) is 23.4 Å². The number of aryl methyl sites for hydroxylation is 2. The minimum atomic E-state index is -0.819. The lowest BCUT2D eigenvalue weighted by Gasteiger charge is -2.38. The number of aromatic nitrogens is 5. The van der Waals surface area contributed by atoms with Crippen molar-refractivity contribution in [3.05, 3.63) is 59.3 Å². The van der Waals surface area contributed by atoms with Crippen LogP contribution >= 0.6 is 0 Å². The highest BCUT2D eigenvalue weighted by atomic mass is 19.2. The summed E-state index contributed by atoms with van der Waals surface area (Å²) in [4.78, 5) is 16.0. The zero-order valence-corrected chi connectivity index (χ0v) is 19.3. The topological polar surface area (TPSA) is 71.8 Å². The van der Waals surface area contributed by atoms with Crippen molar-refractivity contribution < 1.29 is 8.78 Å². The van der Waals surface area contributed by atoms with Crippen LogP contribution in [0.4, 0.5) is 20.5 Å². The average molecular weight is 466 g/mol. The van der Waals surface area contributed by atoms with Crippen LogP contribution in [0.1, 0.15) is 55.1 Å². The number of benzene rings is 1. The van der Waals surface area contributed by atoms with E-state index >= 15 is 0 Å². The van der Waals surface area contributed by atoms with E-state index in [0.717, 1.165) is 61.8 Å². The molecule has 3 aromatic rings. The average Bonchev–Trinajstić information content (AvgIpc) is 3.23. The highest BCUT2D eigenvalue weighted by Gasteiger charge is 2.43. The summed E-state index contributed by atoms with van der Waals surface area (Å²) >= 11 is 0. The first kappa shape index (κ1) is 21.4. The van der Waals surface area contributed by atoms with Gasteiger partial charge in [-0.1, -0.05) is 12.5 Å². The van der Waals surface area contributed by atoms with Gasteiger partial charge in [-0.05, 0) is 62.1 Å². The molecule has 34 heavy (non-hydrogen) atoms. The van der Waals surface area contributed by atoms with Crippen LogP contribution in [0.25, 0.3) is 0 Å². The predicted octanol–water partition coefficient (Wildman–Crippen LogP) is 4.30. The lowest BCUT2D eigenvalue weighted by atomic mass is 9.92. The SMILES string of the molecule is Cc1cc(N2C[C@H]3CC[C@@H](C2)[C@@H]3Nc2nc3n(n2)CCCCC3c2ccc(F)c(F)c2)ncn1. The Morgan fingerprint density at radius 2 is 1.79 bits per heavy atom. The van der Waals surface area contributed by atoms with Crippen LogP contribution in [0.3, 0.4) is 0 Å². The summed E-state index contributed by atoms with van der Waals surface area (Å²) in [6.45, 7) is 4.70. The minimum Gasteiger partial charge on any atom is -0.356 e. The van der Waals surface area contributed by atoms with E-state index in [1.807, 2.05) is 11.6 Å². The van der Waals surface area contributed by atoms with E-state index in [4.69, 9.17) is 10.1 Å². The Morgan fingerprint density at radius 3 is 2.56 bits per heavy atom. The molecule has 0 amide bonds. The van der Waals surface area contributed by atoms with Crippen LogP contribution in [0, 0.1) is 30.4 Å². The molecule has 1 unspecified atom stereocenters. The second kappa shape index (κ2) is 8.60. The molecule has 0 spiro atoms. The van der Waals surface area contributed by atoms with E-state index < -0.39 is 11.6 Å². The van der Waals surface area contributed by atoms with Crippen molar-refractivity contribution in [1.82, 2.24) is 24.7 Å². The number of piperidine rings is 1. The summed E-state index contributed by atoms with van der Waals surface area (Å²) in [7, 11) is 0. The van der Waals surface area contributed by atoms with E-state index in [1.165, 1.54) is 25.0 Å². The van der Waals surface area contributed by atoms with Crippen LogP contribution in [-0.2, 0) is 6.54 Å². The van der Waals surface area contributed by atoms with E-state index in [2.05, 4.69) is 26.3 Å². The number of fused-ring (bicyclic) bond motifs is 3. The van der Waals surface area contributed by atoms with Gasteiger partial charge in [-0.2, -0.15) is 4.98 Å². The maximum atomic E-state index is 14.0. The fourth-order valence-electron chi connectivity index (χ4n) is 6.03. The number of hydrogen-bond donors (Lipinski definition) is 1. The fourth-order valence-corrected chi connectivity index (χ4v) is 6.03. The maximum absolute atomic E-state index is 14.0. The van der Waals surface area contributed by atoms with Gasteiger partial charge < -0.3 is 10.2 Å². The predicted molar refractivity (Wildman–Crippen MR) is 125 cm³/mol. The molecule has 1 saturated carbocycles. The van der Waals surface area contributed by atoms with Crippen molar-refractivity contribution in [2.75, 3.05) is 23.3 Å². The summed E-state index contributed by atoms with van der Waals surface area (Å²) in [5, 5.41) is 8.46. The smallest absolute Gasteiger partial charge is 0.242 e. The van der Waals surface area contributed by atoms with Crippen molar-refractivity contribution in [3.8, 4) is 0 Å². The number of halogens is 2. The van der Waals surface area contributed by atoms with Gasteiger partial charge in [-0.15, -0.1) is 5.10 Å². The van der Waals surface area contributed by atoms with Gasteiger partial charge in [0.25, 0.3) is 0 Å². The van der Waals surface area contributed by atoms with Crippen LogP contribution in [-0.4, -0.2) is 43.9 Å². The van der Waals surface area contributed by atoms with Gasteiger partial charge in [0.05, 0.1) is 0 Å². The molecule has 2 fully saturated rings. The second-order valence-electron chi connectivity index (χ2n) is 9.93. The lowest BCUT2D eigenvalue weighted by molar-refractivity contribution is 0.374. The van der Waals surface area contributed by atoms with Crippen molar-refractivity contribution in [3.63, 3.8) is 0 Å². The van der Waals surface area contributed by atoms with Crippen LogP contribution < -0.4 is 10.2 Å². The molecule has 7 nitrogen and oxygen atoms in total. The Morgan fingerprint density at radius 1 is 0.971 bits per heavy atom. The number of anilines is 2. The Balaban J connectivity index is 1.22. The molecule has 3 aliphatic rings. The Hall–Kier alpha value is -3.10. The van der Waals surface area contributed by atoms with Gasteiger partial charge in [0.1, 0.15) is 18.0 Å². The third-order valence-corrected chi connectivity index (χ3v) is 7.71. The van der Waals surface area contributed by atoms with Crippen LogP contribution in [0.15, 0.2) is 30.6 Å². The standard InChI is InChI=1S/C25H29F2N7/c1-15-10-22(29-14-28-15)33-12-17-5-6-18(13-33)23(17)30-25-31-24-19(4-2-3-9-34(24)32-25)16-7-8-20(26)21(27)11-16/h7-8,10-11,14,17-19,23H,2-6,9,12-13H2,1H3,(H,30,32)/t17-,18+,19?,23-. The molecule has 178 valence electrons. The minimum absolute atomic E-state index is 0.0831. The quantitative estimate of drug-likeness (QED) is 0.620. The number of hydrogen-bond acceptors (Lipinski definition) is 6. The molecule has 2 bridgehead atoms. The summed E-state index contributed by atoms with van der Waals surface area (Å²) in [5.74, 6) is 1.78. The fraction of sp³-hybridized carbons (Fsp3) is 0.520. The first-order valence-corrected chi connectivity index (χ1v) is 12.2. The molecule has 0 radical (unpaired) electrons. The molecule has 1 aromatic carbocycles. The summed E-state index contributed by atoms with van der Waals surface area (Å²) in [6.07, 6.45) is 6.84. The Kier molecular flexibility index (Phi) is 5.42. The molecule has 4 heterocycles. The van der Waals surface area contributed by atoms with Gasteiger partial charge >= 0.3 is 0 Å². The zero-order valence-electron chi connectivity index (χ0n) is 19.3. The summed E-state index contributed by atoms with van der Waals surface area (Å²) < 4.78 is 29.4. The van der Waals surface area contributed by atoms with Gasteiger partial charge in [0.15, 0.2) is 11.6 Å². The highest BCUT2D eigenvalue weighted by molar-refractivity contribution is 5.42. The largest absolute Gasteiger partial charge is 0.356 e. The van der Waals surface area contributed by atoms with E-state index in [1.54, 1.807) is 12.4 Å². The molecule has 6 rings (SSSR count). The van der Waals surface area contributed by atoms with Crippen molar-refractivity contribution >= 4 is 11.8 Å². The molecule has 4 atom stereocenters. The normalized spacial score (nSPS) is 26.3. The molecule has 2 aromatic heterocycles. The molecular weight excluding hydrogens is 436 g/mol. The van der Waals surface area contributed by atoms with Gasteiger partial charge in [0, 0.05) is 43.4 Å². The zero-order chi connectivity index (χ0) is 23.2. The third-order valence-electron chi connectivity index (χ3n) is 7.71. The summed E-state index contributed by atoms with van der Waals surface area (Å²) in [6, 6.07) is 6.57. The molecule has 9 heteroatoms. The summed E-state index contributed by atoms with van der Waals surface area (Å²) in [5.41, 5.74) is 1.74. The third kappa shape index (κ3) is 3.91.